The largest absolute Gasteiger partial charge is 0.384 e. The molecule has 1 N–H and O–H groups in total. The number of rotatable bonds is 7. The van der Waals surface area contributed by atoms with Crippen LogP contribution in [0.25, 0.3) is 0 Å². The summed E-state index contributed by atoms with van der Waals surface area (Å²) in [5.41, 5.74) is 2.57. The summed E-state index contributed by atoms with van der Waals surface area (Å²) in [4.78, 5) is 2.71. The molecule has 1 saturated carbocycles. The van der Waals surface area contributed by atoms with Crippen molar-refractivity contribution in [2.45, 2.75) is 52.5 Å². The van der Waals surface area contributed by atoms with Gasteiger partial charge in [-0.1, -0.05) is 38.8 Å². The zero-order chi connectivity index (χ0) is 14.4. The summed E-state index contributed by atoms with van der Waals surface area (Å²) in [6.07, 6.45) is 5.64. The number of benzene rings is 1. The molecule has 1 aromatic rings. The minimum atomic E-state index is 0.759. The van der Waals surface area contributed by atoms with Gasteiger partial charge in [0, 0.05) is 31.4 Å². The molecule has 0 spiro atoms. The zero-order valence-corrected chi connectivity index (χ0v) is 13.4. The first-order valence-electron chi connectivity index (χ1n) is 8.20. The second-order valence-electron chi connectivity index (χ2n) is 6.62. The van der Waals surface area contributed by atoms with Gasteiger partial charge in [0.2, 0.25) is 0 Å². The SMILES string of the molecule is Cc1cccc(NCCN(CC(C)C)C2CCCC2)c1. The van der Waals surface area contributed by atoms with Gasteiger partial charge >= 0.3 is 0 Å². The van der Waals surface area contributed by atoms with Crippen LogP contribution in [0.4, 0.5) is 5.69 Å². The van der Waals surface area contributed by atoms with E-state index in [2.05, 4.69) is 55.3 Å². The minimum absolute atomic E-state index is 0.759. The quantitative estimate of drug-likeness (QED) is 0.797. The lowest BCUT2D eigenvalue weighted by molar-refractivity contribution is 0.184. The Morgan fingerprint density at radius 2 is 2.00 bits per heavy atom. The van der Waals surface area contributed by atoms with Gasteiger partial charge in [0.1, 0.15) is 0 Å². The fraction of sp³-hybridized carbons (Fsp3) is 0.667. The van der Waals surface area contributed by atoms with Crippen molar-refractivity contribution >= 4 is 5.69 Å². The van der Waals surface area contributed by atoms with Crippen molar-refractivity contribution in [1.29, 1.82) is 0 Å². The Balaban J connectivity index is 1.81. The maximum Gasteiger partial charge on any atom is 0.0343 e. The smallest absolute Gasteiger partial charge is 0.0343 e. The van der Waals surface area contributed by atoms with Gasteiger partial charge in [-0.15, -0.1) is 0 Å². The van der Waals surface area contributed by atoms with Crippen molar-refractivity contribution in [3.8, 4) is 0 Å². The summed E-state index contributed by atoms with van der Waals surface area (Å²) in [6, 6.07) is 9.49. The molecule has 2 rings (SSSR count). The van der Waals surface area contributed by atoms with E-state index in [1.165, 1.54) is 43.5 Å². The van der Waals surface area contributed by atoms with Crippen LogP contribution in [-0.4, -0.2) is 30.6 Å². The molecule has 0 unspecified atom stereocenters. The summed E-state index contributed by atoms with van der Waals surface area (Å²) >= 11 is 0. The number of anilines is 1. The average Bonchev–Trinajstić information content (AvgIpc) is 2.91. The molecular formula is C18H30N2. The van der Waals surface area contributed by atoms with Crippen molar-refractivity contribution in [3.05, 3.63) is 29.8 Å². The molecule has 0 amide bonds. The molecule has 2 nitrogen and oxygen atoms in total. The van der Waals surface area contributed by atoms with Crippen LogP contribution in [0.1, 0.15) is 45.1 Å². The topological polar surface area (TPSA) is 15.3 Å². The minimum Gasteiger partial charge on any atom is -0.384 e. The van der Waals surface area contributed by atoms with Crippen molar-refractivity contribution in [3.63, 3.8) is 0 Å². The lowest BCUT2D eigenvalue weighted by Crippen LogP contribution is -2.39. The van der Waals surface area contributed by atoms with Crippen LogP contribution < -0.4 is 5.32 Å². The van der Waals surface area contributed by atoms with E-state index >= 15 is 0 Å². The molecule has 112 valence electrons. The van der Waals surface area contributed by atoms with Gasteiger partial charge in [0.25, 0.3) is 0 Å². The van der Waals surface area contributed by atoms with Gasteiger partial charge in [-0.25, -0.2) is 0 Å². The summed E-state index contributed by atoms with van der Waals surface area (Å²) in [5, 5.41) is 3.57. The molecular weight excluding hydrogens is 244 g/mol. The number of hydrogen-bond donors (Lipinski definition) is 1. The van der Waals surface area contributed by atoms with Crippen LogP contribution in [0.5, 0.6) is 0 Å². The van der Waals surface area contributed by atoms with E-state index in [1.54, 1.807) is 0 Å². The molecule has 0 bridgehead atoms. The molecule has 0 aliphatic heterocycles. The van der Waals surface area contributed by atoms with Gasteiger partial charge < -0.3 is 5.32 Å². The molecule has 1 fully saturated rings. The van der Waals surface area contributed by atoms with Crippen LogP contribution >= 0.6 is 0 Å². The van der Waals surface area contributed by atoms with Crippen molar-refractivity contribution in [2.24, 2.45) is 5.92 Å². The first-order valence-corrected chi connectivity index (χ1v) is 8.20. The molecule has 0 atom stereocenters. The lowest BCUT2D eigenvalue weighted by atomic mass is 10.1. The van der Waals surface area contributed by atoms with Crippen LogP contribution in [-0.2, 0) is 0 Å². The number of nitrogens with one attached hydrogen (secondary N) is 1. The standard InChI is InChI=1S/C18H30N2/c1-15(2)14-20(18-9-4-5-10-18)12-11-19-17-8-6-7-16(3)13-17/h6-8,13,15,18-19H,4-5,9-12,14H2,1-3H3. The van der Waals surface area contributed by atoms with Crippen LogP contribution in [0.2, 0.25) is 0 Å². The third kappa shape index (κ3) is 4.82. The first-order chi connectivity index (χ1) is 9.65. The van der Waals surface area contributed by atoms with Crippen LogP contribution in [0.15, 0.2) is 24.3 Å². The van der Waals surface area contributed by atoms with Gasteiger partial charge in [0.05, 0.1) is 0 Å². The highest BCUT2D eigenvalue weighted by Gasteiger charge is 2.22. The maximum atomic E-state index is 3.57. The molecule has 2 heteroatoms. The normalized spacial score (nSPS) is 16.2. The molecule has 0 saturated heterocycles. The summed E-state index contributed by atoms with van der Waals surface area (Å²) < 4.78 is 0. The van der Waals surface area contributed by atoms with Gasteiger partial charge in [-0.3, -0.25) is 4.90 Å². The Labute approximate surface area is 124 Å². The van der Waals surface area contributed by atoms with Crippen molar-refractivity contribution in [1.82, 2.24) is 4.90 Å². The Hall–Kier alpha value is -1.02. The predicted molar refractivity (Wildman–Crippen MR) is 88.3 cm³/mol. The highest BCUT2D eigenvalue weighted by molar-refractivity contribution is 5.45. The number of hydrogen-bond acceptors (Lipinski definition) is 2. The van der Waals surface area contributed by atoms with Crippen LogP contribution in [0, 0.1) is 12.8 Å². The molecule has 1 aromatic carbocycles. The van der Waals surface area contributed by atoms with Gasteiger partial charge in [0.15, 0.2) is 0 Å². The Morgan fingerprint density at radius 3 is 2.65 bits per heavy atom. The van der Waals surface area contributed by atoms with Gasteiger partial charge in [-0.05, 0) is 43.4 Å². The first kappa shape index (κ1) is 15.4. The molecule has 1 aliphatic rings. The van der Waals surface area contributed by atoms with Crippen LogP contribution in [0.3, 0.4) is 0 Å². The second kappa shape index (κ2) is 7.68. The van der Waals surface area contributed by atoms with E-state index in [0.29, 0.717) is 0 Å². The molecule has 0 heterocycles. The van der Waals surface area contributed by atoms with Gasteiger partial charge in [-0.2, -0.15) is 0 Å². The Morgan fingerprint density at radius 1 is 1.25 bits per heavy atom. The monoisotopic (exact) mass is 274 g/mol. The summed E-state index contributed by atoms with van der Waals surface area (Å²) in [7, 11) is 0. The maximum absolute atomic E-state index is 3.57. The van der Waals surface area contributed by atoms with E-state index in [-0.39, 0.29) is 0 Å². The Kier molecular flexibility index (Phi) is 5.90. The van der Waals surface area contributed by atoms with E-state index < -0.39 is 0 Å². The molecule has 0 radical (unpaired) electrons. The van der Waals surface area contributed by atoms with Crippen molar-refractivity contribution in [2.75, 3.05) is 25.0 Å². The fourth-order valence-corrected chi connectivity index (χ4v) is 3.26. The number of aryl methyl sites for hydroxylation is 1. The highest BCUT2D eigenvalue weighted by atomic mass is 15.2. The summed E-state index contributed by atoms with van der Waals surface area (Å²) in [5.74, 6) is 0.759. The van der Waals surface area contributed by atoms with E-state index in [0.717, 1.165) is 25.0 Å². The highest BCUT2D eigenvalue weighted by Crippen LogP contribution is 2.24. The average molecular weight is 274 g/mol. The number of nitrogens with zero attached hydrogens (tertiary/aromatic N) is 1. The lowest BCUT2D eigenvalue weighted by Gasteiger charge is -2.30. The third-order valence-electron chi connectivity index (χ3n) is 4.19. The fourth-order valence-electron chi connectivity index (χ4n) is 3.26. The summed E-state index contributed by atoms with van der Waals surface area (Å²) in [6.45, 7) is 10.3. The molecule has 1 aliphatic carbocycles. The second-order valence-corrected chi connectivity index (χ2v) is 6.62. The predicted octanol–water partition coefficient (Wildman–Crippen LogP) is 4.31. The van der Waals surface area contributed by atoms with E-state index in [4.69, 9.17) is 0 Å². The third-order valence-corrected chi connectivity index (χ3v) is 4.19. The molecule has 0 aromatic heterocycles. The van der Waals surface area contributed by atoms with E-state index in [1.807, 2.05) is 0 Å². The van der Waals surface area contributed by atoms with Crippen molar-refractivity contribution < 1.29 is 0 Å². The zero-order valence-electron chi connectivity index (χ0n) is 13.4. The Bertz CT molecular complexity index is 394. The molecule has 20 heavy (non-hydrogen) atoms. The van der Waals surface area contributed by atoms with E-state index in [9.17, 15) is 0 Å².